The van der Waals surface area contributed by atoms with Crippen molar-refractivity contribution in [3.05, 3.63) is 73.7 Å². The highest BCUT2D eigenvalue weighted by molar-refractivity contribution is 9.10. The van der Waals surface area contributed by atoms with Crippen LogP contribution < -0.4 is 0 Å². The SMILES string of the molecule is Cc1cc(C(Br)Cc2ccccc2[N+](=O)[O-])ccc1Br. The molecule has 0 heterocycles. The molecule has 1 atom stereocenters. The third-order valence-electron chi connectivity index (χ3n) is 3.13. The zero-order chi connectivity index (χ0) is 14.7. The minimum Gasteiger partial charge on any atom is -0.258 e. The van der Waals surface area contributed by atoms with E-state index in [0.717, 1.165) is 21.2 Å². The van der Waals surface area contributed by atoms with E-state index in [4.69, 9.17) is 0 Å². The zero-order valence-electron chi connectivity index (χ0n) is 10.8. The van der Waals surface area contributed by atoms with E-state index in [1.807, 2.05) is 25.1 Å². The lowest BCUT2D eigenvalue weighted by atomic mass is 10.0. The lowest BCUT2D eigenvalue weighted by Gasteiger charge is -2.12. The molecule has 0 N–H and O–H groups in total. The lowest BCUT2D eigenvalue weighted by molar-refractivity contribution is -0.385. The first-order chi connectivity index (χ1) is 9.49. The highest BCUT2D eigenvalue weighted by atomic mass is 79.9. The maximum absolute atomic E-state index is 11.0. The number of benzene rings is 2. The first-order valence-corrected chi connectivity index (χ1v) is 7.82. The lowest BCUT2D eigenvalue weighted by Crippen LogP contribution is -2.00. The summed E-state index contributed by atoms with van der Waals surface area (Å²) in [6.07, 6.45) is 0.582. The Bertz CT molecular complexity index is 644. The molecule has 0 amide bonds. The Morgan fingerprint density at radius 2 is 1.95 bits per heavy atom. The van der Waals surface area contributed by atoms with E-state index in [1.165, 1.54) is 0 Å². The van der Waals surface area contributed by atoms with Crippen molar-refractivity contribution in [1.29, 1.82) is 0 Å². The van der Waals surface area contributed by atoms with Gasteiger partial charge in [-0.1, -0.05) is 62.2 Å². The molecule has 0 radical (unpaired) electrons. The molecule has 0 aliphatic rings. The summed E-state index contributed by atoms with van der Waals surface area (Å²) in [6, 6.07) is 13.0. The fourth-order valence-electron chi connectivity index (χ4n) is 2.04. The highest BCUT2D eigenvalue weighted by Gasteiger charge is 2.17. The number of aryl methyl sites for hydroxylation is 1. The van der Waals surface area contributed by atoms with E-state index >= 15 is 0 Å². The summed E-state index contributed by atoms with van der Waals surface area (Å²) in [7, 11) is 0. The molecule has 3 nitrogen and oxygen atoms in total. The first kappa shape index (κ1) is 15.2. The number of nitrogens with zero attached hydrogens (tertiary/aromatic N) is 1. The monoisotopic (exact) mass is 397 g/mol. The van der Waals surface area contributed by atoms with Crippen LogP contribution in [0.5, 0.6) is 0 Å². The predicted molar refractivity (Wildman–Crippen MR) is 87.3 cm³/mol. The average molecular weight is 399 g/mol. The van der Waals surface area contributed by atoms with Gasteiger partial charge in [0.2, 0.25) is 0 Å². The van der Waals surface area contributed by atoms with E-state index in [0.29, 0.717) is 6.42 Å². The standard InChI is InChI=1S/C15H13Br2NO2/c1-10-8-11(6-7-13(10)16)14(17)9-12-4-2-3-5-15(12)18(19)20/h2-8,14H,9H2,1H3. The second-order valence-electron chi connectivity index (χ2n) is 4.57. The van der Waals surface area contributed by atoms with Crippen LogP contribution in [0.1, 0.15) is 21.5 Å². The highest BCUT2D eigenvalue weighted by Crippen LogP contribution is 2.32. The van der Waals surface area contributed by atoms with E-state index in [2.05, 4.69) is 37.9 Å². The summed E-state index contributed by atoms with van der Waals surface area (Å²) >= 11 is 7.10. The fourth-order valence-corrected chi connectivity index (χ4v) is 2.92. The molecule has 0 saturated carbocycles. The predicted octanol–water partition coefficient (Wildman–Crippen LogP) is 5.34. The van der Waals surface area contributed by atoms with Gasteiger partial charge in [-0.05, 0) is 30.5 Å². The van der Waals surface area contributed by atoms with Crippen LogP contribution in [0.3, 0.4) is 0 Å². The zero-order valence-corrected chi connectivity index (χ0v) is 14.0. The maximum Gasteiger partial charge on any atom is 0.272 e. The van der Waals surface area contributed by atoms with Crippen LogP contribution in [-0.4, -0.2) is 4.92 Å². The molecule has 0 saturated heterocycles. The van der Waals surface area contributed by atoms with Gasteiger partial charge in [-0.2, -0.15) is 0 Å². The van der Waals surface area contributed by atoms with Crippen LogP contribution in [0, 0.1) is 17.0 Å². The first-order valence-electron chi connectivity index (χ1n) is 6.11. The molecule has 1 unspecified atom stereocenters. The molecule has 2 rings (SSSR count). The van der Waals surface area contributed by atoms with E-state index in [9.17, 15) is 10.1 Å². The molecule has 20 heavy (non-hydrogen) atoms. The van der Waals surface area contributed by atoms with Gasteiger partial charge < -0.3 is 0 Å². The quantitative estimate of drug-likeness (QED) is 0.396. The maximum atomic E-state index is 11.0. The smallest absolute Gasteiger partial charge is 0.258 e. The van der Waals surface area contributed by atoms with Gasteiger partial charge in [0.25, 0.3) is 5.69 Å². The molecule has 5 heteroatoms. The van der Waals surface area contributed by atoms with E-state index in [-0.39, 0.29) is 15.4 Å². The van der Waals surface area contributed by atoms with Crippen molar-refractivity contribution in [1.82, 2.24) is 0 Å². The van der Waals surface area contributed by atoms with Crippen LogP contribution in [-0.2, 0) is 6.42 Å². The topological polar surface area (TPSA) is 43.1 Å². The van der Waals surface area contributed by atoms with Gasteiger partial charge in [0.05, 0.1) is 4.92 Å². The second kappa shape index (κ2) is 6.50. The molecular formula is C15H13Br2NO2. The van der Waals surface area contributed by atoms with Crippen LogP contribution in [0.25, 0.3) is 0 Å². The van der Waals surface area contributed by atoms with Gasteiger partial charge in [-0.15, -0.1) is 0 Å². The largest absolute Gasteiger partial charge is 0.272 e. The Morgan fingerprint density at radius 1 is 1.25 bits per heavy atom. The van der Waals surface area contributed by atoms with Gasteiger partial charge in [0.15, 0.2) is 0 Å². The summed E-state index contributed by atoms with van der Waals surface area (Å²) in [5.41, 5.74) is 3.17. The molecule has 104 valence electrons. The summed E-state index contributed by atoms with van der Waals surface area (Å²) in [6.45, 7) is 2.03. The number of nitro benzene ring substituents is 1. The fraction of sp³-hybridized carbons (Fsp3) is 0.200. The Balaban J connectivity index is 2.25. The molecule has 0 spiro atoms. The van der Waals surface area contributed by atoms with Gasteiger partial charge in [0.1, 0.15) is 0 Å². The van der Waals surface area contributed by atoms with Crippen molar-refractivity contribution >= 4 is 37.5 Å². The molecule has 0 bridgehead atoms. The third kappa shape index (κ3) is 3.46. The van der Waals surface area contributed by atoms with Gasteiger partial charge >= 0.3 is 0 Å². The number of rotatable bonds is 4. The van der Waals surface area contributed by atoms with Crippen molar-refractivity contribution in [3.8, 4) is 0 Å². The summed E-state index contributed by atoms with van der Waals surface area (Å²) in [5, 5.41) is 11.0. The normalized spacial score (nSPS) is 12.2. The Labute approximate surface area is 134 Å². The molecule has 0 aliphatic heterocycles. The molecule has 2 aromatic carbocycles. The second-order valence-corrected chi connectivity index (χ2v) is 6.53. The van der Waals surface area contributed by atoms with Crippen molar-refractivity contribution in [2.75, 3.05) is 0 Å². The summed E-state index contributed by atoms with van der Waals surface area (Å²) < 4.78 is 1.06. The van der Waals surface area contributed by atoms with E-state index in [1.54, 1.807) is 18.2 Å². The van der Waals surface area contributed by atoms with Gasteiger partial charge in [-0.3, -0.25) is 10.1 Å². The summed E-state index contributed by atoms with van der Waals surface area (Å²) in [4.78, 5) is 10.7. The third-order valence-corrected chi connectivity index (χ3v) is 4.87. The minimum atomic E-state index is -0.331. The van der Waals surface area contributed by atoms with Gasteiger partial charge in [-0.25, -0.2) is 0 Å². The van der Waals surface area contributed by atoms with Crippen LogP contribution in [0.4, 0.5) is 5.69 Å². The Hall–Kier alpha value is -1.20. The van der Waals surface area contributed by atoms with Crippen LogP contribution in [0.15, 0.2) is 46.9 Å². The Morgan fingerprint density at radius 3 is 2.60 bits per heavy atom. The number of para-hydroxylation sites is 1. The molecular weight excluding hydrogens is 386 g/mol. The minimum absolute atomic E-state index is 0.0513. The number of halogens is 2. The van der Waals surface area contributed by atoms with E-state index < -0.39 is 0 Å². The number of nitro groups is 1. The average Bonchev–Trinajstić information content (AvgIpc) is 2.42. The van der Waals surface area contributed by atoms with Crippen LogP contribution >= 0.6 is 31.9 Å². The van der Waals surface area contributed by atoms with Crippen molar-refractivity contribution in [2.45, 2.75) is 18.2 Å². The summed E-state index contributed by atoms with van der Waals surface area (Å²) in [5.74, 6) is 0. The van der Waals surface area contributed by atoms with Crippen molar-refractivity contribution in [2.24, 2.45) is 0 Å². The number of alkyl halides is 1. The Kier molecular flexibility index (Phi) is 4.94. The molecule has 0 fully saturated rings. The van der Waals surface area contributed by atoms with Gasteiger partial charge in [0, 0.05) is 20.9 Å². The molecule has 0 aromatic heterocycles. The number of hydrogen-bond acceptors (Lipinski definition) is 2. The van der Waals surface area contributed by atoms with Crippen molar-refractivity contribution < 1.29 is 4.92 Å². The molecule has 2 aromatic rings. The van der Waals surface area contributed by atoms with Crippen LogP contribution in [0.2, 0.25) is 0 Å². The number of hydrogen-bond donors (Lipinski definition) is 0. The van der Waals surface area contributed by atoms with Crippen molar-refractivity contribution in [3.63, 3.8) is 0 Å². The molecule has 0 aliphatic carbocycles.